The zero-order chi connectivity index (χ0) is 19.5. The van der Waals surface area contributed by atoms with E-state index < -0.39 is 0 Å². The van der Waals surface area contributed by atoms with E-state index in [0.717, 1.165) is 19.4 Å². The molecule has 5 heteroatoms. The molecule has 0 saturated heterocycles. The minimum Gasteiger partial charge on any atom is -0.331 e. The predicted octanol–water partition coefficient (Wildman–Crippen LogP) is 5.15. The van der Waals surface area contributed by atoms with Crippen molar-refractivity contribution < 1.29 is 9.59 Å². The van der Waals surface area contributed by atoms with Crippen molar-refractivity contribution in [1.29, 1.82) is 0 Å². The van der Waals surface area contributed by atoms with Gasteiger partial charge >= 0.3 is 0 Å². The first-order valence-electron chi connectivity index (χ1n) is 9.51. The van der Waals surface area contributed by atoms with Gasteiger partial charge in [0.2, 0.25) is 0 Å². The summed E-state index contributed by atoms with van der Waals surface area (Å²) in [6, 6.07) is 18.5. The van der Waals surface area contributed by atoms with Crippen molar-refractivity contribution in [2.45, 2.75) is 25.8 Å². The maximum Gasteiger partial charge on any atom is 0.255 e. The Labute approximate surface area is 168 Å². The minimum atomic E-state index is -0.160. The van der Waals surface area contributed by atoms with Gasteiger partial charge in [-0.2, -0.15) is 0 Å². The number of nitrogens with zero attached hydrogens (tertiary/aromatic N) is 1. The van der Waals surface area contributed by atoms with E-state index in [1.54, 1.807) is 47.7 Å². The second-order valence-electron chi connectivity index (χ2n) is 6.87. The SMILES string of the molecule is CCC1c2ccsc2CCN1C(=O)c1ccc(NC(=O)c2ccccc2)cc1. The smallest absolute Gasteiger partial charge is 0.255 e. The number of thiophene rings is 1. The number of anilines is 1. The van der Waals surface area contributed by atoms with Crippen LogP contribution in [0.1, 0.15) is 50.5 Å². The second-order valence-corrected chi connectivity index (χ2v) is 7.87. The summed E-state index contributed by atoms with van der Waals surface area (Å²) in [5, 5.41) is 4.99. The lowest BCUT2D eigenvalue weighted by atomic mass is 9.97. The van der Waals surface area contributed by atoms with Gasteiger partial charge in [0.25, 0.3) is 11.8 Å². The van der Waals surface area contributed by atoms with Gasteiger partial charge in [0.1, 0.15) is 0 Å². The highest BCUT2D eigenvalue weighted by molar-refractivity contribution is 7.10. The molecule has 0 bridgehead atoms. The Balaban J connectivity index is 1.48. The Morgan fingerprint density at radius 2 is 1.79 bits per heavy atom. The van der Waals surface area contributed by atoms with Crippen LogP contribution in [0.4, 0.5) is 5.69 Å². The van der Waals surface area contributed by atoms with Gasteiger partial charge < -0.3 is 10.2 Å². The number of nitrogens with one attached hydrogen (secondary N) is 1. The van der Waals surface area contributed by atoms with Crippen molar-refractivity contribution in [3.05, 3.63) is 87.6 Å². The van der Waals surface area contributed by atoms with Crippen LogP contribution in [0.25, 0.3) is 0 Å². The van der Waals surface area contributed by atoms with E-state index in [0.29, 0.717) is 16.8 Å². The highest BCUT2D eigenvalue weighted by atomic mass is 32.1. The second kappa shape index (κ2) is 7.98. The third kappa shape index (κ3) is 3.58. The molecule has 1 N–H and O–H groups in total. The molecule has 4 rings (SSSR count). The van der Waals surface area contributed by atoms with Gasteiger partial charge in [0, 0.05) is 28.2 Å². The molecule has 3 aromatic rings. The Morgan fingerprint density at radius 3 is 2.50 bits per heavy atom. The summed E-state index contributed by atoms with van der Waals surface area (Å²) in [4.78, 5) is 28.7. The van der Waals surface area contributed by atoms with Crippen LogP contribution in [0.3, 0.4) is 0 Å². The standard InChI is InChI=1S/C23H22N2O2S/c1-2-20-19-13-15-28-21(19)12-14-25(20)23(27)17-8-10-18(11-9-17)24-22(26)16-6-4-3-5-7-16/h3-11,13,15,20H,2,12,14H2,1H3,(H,24,26). The number of hydrogen-bond acceptors (Lipinski definition) is 3. The van der Waals surface area contributed by atoms with Gasteiger partial charge in [-0.25, -0.2) is 0 Å². The Morgan fingerprint density at radius 1 is 1.04 bits per heavy atom. The van der Waals surface area contributed by atoms with Crippen LogP contribution in [-0.2, 0) is 6.42 Å². The summed E-state index contributed by atoms with van der Waals surface area (Å²) in [5.41, 5.74) is 3.22. The maximum absolute atomic E-state index is 13.1. The number of rotatable bonds is 4. The first-order valence-corrected chi connectivity index (χ1v) is 10.4. The number of hydrogen-bond donors (Lipinski definition) is 1. The predicted molar refractivity (Wildman–Crippen MR) is 113 cm³/mol. The highest BCUT2D eigenvalue weighted by Crippen LogP contribution is 2.36. The summed E-state index contributed by atoms with van der Waals surface area (Å²) in [7, 11) is 0. The lowest BCUT2D eigenvalue weighted by Gasteiger charge is -2.35. The van der Waals surface area contributed by atoms with Gasteiger partial charge in [0.15, 0.2) is 0 Å². The van der Waals surface area contributed by atoms with Crippen molar-refractivity contribution in [1.82, 2.24) is 4.90 Å². The maximum atomic E-state index is 13.1. The number of fused-ring (bicyclic) bond motifs is 1. The lowest BCUT2D eigenvalue weighted by molar-refractivity contribution is 0.0657. The molecular weight excluding hydrogens is 368 g/mol. The Hall–Kier alpha value is -2.92. The van der Waals surface area contributed by atoms with Crippen LogP contribution in [0.15, 0.2) is 66.0 Å². The summed E-state index contributed by atoms with van der Waals surface area (Å²) in [5.74, 6) is -0.114. The van der Waals surface area contributed by atoms with Gasteiger partial charge in [-0.3, -0.25) is 9.59 Å². The molecule has 1 atom stereocenters. The molecule has 0 radical (unpaired) electrons. The minimum absolute atomic E-state index is 0.0460. The van der Waals surface area contributed by atoms with Crippen LogP contribution < -0.4 is 5.32 Å². The number of carbonyl (C=O) groups is 2. The van der Waals surface area contributed by atoms with Gasteiger partial charge in [-0.1, -0.05) is 25.1 Å². The molecule has 28 heavy (non-hydrogen) atoms. The average molecular weight is 391 g/mol. The summed E-state index contributed by atoms with van der Waals surface area (Å²) in [6.45, 7) is 2.87. The molecule has 2 heterocycles. The van der Waals surface area contributed by atoms with Crippen LogP contribution in [-0.4, -0.2) is 23.3 Å². The largest absolute Gasteiger partial charge is 0.331 e. The molecule has 0 spiro atoms. The fourth-order valence-electron chi connectivity index (χ4n) is 3.73. The van der Waals surface area contributed by atoms with E-state index in [-0.39, 0.29) is 17.9 Å². The third-order valence-electron chi connectivity index (χ3n) is 5.17. The summed E-state index contributed by atoms with van der Waals surface area (Å²) in [6.07, 6.45) is 1.82. The van der Waals surface area contributed by atoms with E-state index in [4.69, 9.17) is 0 Å². The fourth-order valence-corrected chi connectivity index (χ4v) is 4.66. The van der Waals surface area contributed by atoms with Crippen LogP contribution in [0.2, 0.25) is 0 Å². The summed E-state index contributed by atoms with van der Waals surface area (Å²) < 4.78 is 0. The monoisotopic (exact) mass is 390 g/mol. The van der Waals surface area contributed by atoms with Crippen LogP contribution in [0, 0.1) is 0 Å². The van der Waals surface area contributed by atoms with E-state index in [1.807, 2.05) is 23.1 Å². The van der Waals surface area contributed by atoms with Crippen molar-refractivity contribution in [2.75, 3.05) is 11.9 Å². The van der Waals surface area contributed by atoms with Crippen molar-refractivity contribution >= 4 is 28.8 Å². The quantitative estimate of drug-likeness (QED) is 0.670. The molecule has 4 nitrogen and oxygen atoms in total. The fraction of sp³-hybridized carbons (Fsp3) is 0.217. The molecule has 1 unspecified atom stereocenters. The highest BCUT2D eigenvalue weighted by Gasteiger charge is 2.30. The molecule has 0 fully saturated rings. The first-order chi connectivity index (χ1) is 13.7. The number of carbonyl (C=O) groups excluding carboxylic acids is 2. The zero-order valence-corrected chi connectivity index (χ0v) is 16.5. The molecule has 2 aromatic carbocycles. The molecule has 0 saturated carbocycles. The van der Waals surface area contributed by atoms with E-state index in [2.05, 4.69) is 23.7 Å². The molecule has 1 aromatic heterocycles. The zero-order valence-electron chi connectivity index (χ0n) is 15.7. The average Bonchev–Trinajstić information content (AvgIpc) is 3.22. The Kier molecular flexibility index (Phi) is 5.26. The van der Waals surface area contributed by atoms with Crippen LogP contribution >= 0.6 is 11.3 Å². The van der Waals surface area contributed by atoms with Gasteiger partial charge in [-0.15, -0.1) is 11.3 Å². The van der Waals surface area contributed by atoms with E-state index in [9.17, 15) is 9.59 Å². The summed E-state index contributed by atoms with van der Waals surface area (Å²) >= 11 is 1.78. The van der Waals surface area contributed by atoms with Crippen LogP contribution in [0.5, 0.6) is 0 Å². The van der Waals surface area contributed by atoms with Gasteiger partial charge in [0.05, 0.1) is 6.04 Å². The molecular formula is C23H22N2O2S. The molecule has 2 amide bonds. The normalized spacial score (nSPS) is 15.8. The van der Waals surface area contributed by atoms with Crippen molar-refractivity contribution in [3.63, 3.8) is 0 Å². The van der Waals surface area contributed by atoms with E-state index in [1.165, 1.54) is 10.4 Å². The third-order valence-corrected chi connectivity index (χ3v) is 6.16. The topological polar surface area (TPSA) is 49.4 Å². The van der Waals surface area contributed by atoms with Crippen molar-refractivity contribution in [2.24, 2.45) is 0 Å². The molecule has 142 valence electrons. The van der Waals surface area contributed by atoms with Crippen molar-refractivity contribution in [3.8, 4) is 0 Å². The molecule has 1 aliphatic rings. The molecule has 0 aliphatic carbocycles. The van der Waals surface area contributed by atoms with E-state index >= 15 is 0 Å². The Bertz CT molecular complexity index is 979. The number of benzene rings is 2. The molecule has 1 aliphatic heterocycles. The lowest BCUT2D eigenvalue weighted by Crippen LogP contribution is -2.39. The van der Waals surface area contributed by atoms with Gasteiger partial charge in [-0.05, 0) is 66.2 Å². The first kappa shape index (κ1) is 18.4. The number of amides is 2.